The Bertz CT molecular complexity index is 918. The first-order valence-corrected chi connectivity index (χ1v) is 7.75. The highest BCUT2D eigenvalue weighted by Crippen LogP contribution is 2.25. The van der Waals surface area contributed by atoms with Gasteiger partial charge in [-0.3, -0.25) is 4.79 Å². The summed E-state index contributed by atoms with van der Waals surface area (Å²) >= 11 is 3.43. The molecular formula is C17H14BrFN2O. The first-order valence-electron chi connectivity index (χ1n) is 6.96. The van der Waals surface area contributed by atoms with Crippen molar-refractivity contribution in [1.29, 1.82) is 0 Å². The maximum atomic E-state index is 13.5. The van der Waals surface area contributed by atoms with Crippen LogP contribution in [0.2, 0.25) is 0 Å². The summed E-state index contributed by atoms with van der Waals surface area (Å²) in [6.07, 6.45) is 0. The molecule has 3 nitrogen and oxygen atoms in total. The lowest BCUT2D eigenvalue weighted by Gasteiger charge is -2.13. The van der Waals surface area contributed by atoms with Crippen molar-refractivity contribution >= 4 is 26.7 Å². The molecule has 1 heterocycles. The molecule has 0 bridgehead atoms. The third-order valence-electron chi connectivity index (χ3n) is 3.49. The van der Waals surface area contributed by atoms with Crippen LogP contribution in [-0.2, 0) is 0 Å². The van der Waals surface area contributed by atoms with Crippen LogP contribution in [0, 0.1) is 5.82 Å². The van der Waals surface area contributed by atoms with Gasteiger partial charge in [0.05, 0.1) is 16.8 Å². The number of aromatic nitrogens is 2. The summed E-state index contributed by atoms with van der Waals surface area (Å²) in [6, 6.07) is 11.4. The van der Waals surface area contributed by atoms with Crippen LogP contribution in [0.15, 0.2) is 51.7 Å². The second kappa shape index (κ2) is 5.65. The summed E-state index contributed by atoms with van der Waals surface area (Å²) < 4.78 is 15.6. The molecule has 0 saturated carbocycles. The predicted octanol–water partition coefficient (Wildman–Crippen LogP) is 4.41. The number of fused-ring (bicyclic) bond motifs is 1. The van der Waals surface area contributed by atoms with E-state index in [-0.39, 0.29) is 11.5 Å². The van der Waals surface area contributed by atoms with Crippen LogP contribution >= 0.6 is 15.9 Å². The molecule has 0 N–H and O–H groups in total. The van der Waals surface area contributed by atoms with Crippen LogP contribution in [-0.4, -0.2) is 9.78 Å². The molecule has 0 aliphatic heterocycles. The fraction of sp³-hybridized carbons (Fsp3) is 0.176. The van der Waals surface area contributed by atoms with E-state index in [4.69, 9.17) is 0 Å². The zero-order valence-electron chi connectivity index (χ0n) is 12.2. The highest BCUT2D eigenvalue weighted by molar-refractivity contribution is 9.10. The Labute approximate surface area is 135 Å². The van der Waals surface area contributed by atoms with Crippen molar-refractivity contribution in [3.8, 4) is 5.69 Å². The van der Waals surface area contributed by atoms with Crippen LogP contribution in [0.25, 0.3) is 16.5 Å². The molecule has 22 heavy (non-hydrogen) atoms. The summed E-state index contributed by atoms with van der Waals surface area (Å²) in [7, 11) is 0. The van der Waals surface area contributed by atoms with Crippen LogP contribution in [0.1, 0.15) is 25.5 Å². The molecule has 0 fully saturated rings. The highest BCUT2D eigenvalue weighted by Gasteiger charge is 2.14. The Hall–Kier alpha value is -2.01. The van der Waals surface area contributed by atoms with Crippen LogP contribution in [0.3, 0.4) is 0 Å². The molecule has 2 aromatic carbocycles. The fourth-order valence-electron chi connectivity index (χ4n) is 2.45. The number of hydrogen-bond acceptors (Lipinski definition) is 2. The van der Waals surface area contributed by atoms with Gasteiger partial charge in [0.1, 0.15) is 5.82 Å². The number of nitrogens with zero attached hydrogens (tertiary/aromatic N) is 2. The van der Waals surface area contributed by atoms with Gasteiger partial charge in [-0.2, -0.15) is 9.78 Å². The van der Waals surface area contributed by atoms with E-state index in [0.717, 1.165) is 15.6 Å². The lowest BCUT2D eigenvalue weighted by atomic mass is 10.0. The molecule has 0 aliphatic rings. The molecule has 1 aromatic heterocycles. The van der Waals surface area contributed by atoms with Gasteiger partial charge in [0.15, 0.2) is 0 Å². The Kier molecular flexibility index (Phi) is 3.83. The number of rotatable bonds is 2. The van der Waals surface area contributed by atoms with Crippen molar-refractivity contribution in [3.05, 3.63) is 68.8 Å². The molecule has 0 radical (unpaired) electrons. The summed E-state index contributed by atoms with van der Waals surface area (Å²) in [6.45, 7) is 4.03. The summed E-state index contributed by atoms with van der Waals surface area (Å²) in [5.74, 6) is -0.259. The molecule has 0 amide bonds. The van der Waals surface area contributed by atoms with E-state index in [1.54, 1.807) is 18.2 Å². The Morgan fingerprint density at radius 1 is 1.14 bits per heavy atom. The molecule has 0 spiro atoms. The van der Waals surface area contributed by atoms with Crippen molar-refractivity contribution in [2.24, 2.45) is 0 Å². The van der Waals surface area contributed by atoms with E-state index in [0.29, 0.717) is 11.1 Å². The van der Waals surface area contributed by atoms with E-state index in [9.17, 15) is 9.18 Å². The third-order valence-corrected chi connectivity index (χ3v) is 3.98. The lowest BCUT2D eigenvalue weighted by Crippen LogP contribution is -2.23. The lowest BCUT2D eigenvalue weighted by molar-refractivity contribution is 0.623. The number of hydrogen-bond donors (Lipinski definition) is 0. The predicted molar refractivity (Wildman–Crippen MR) is 89.1 cm³/mol. The van der Waals surface area contributed by atoms with Crippen molar-refractivity contribution in [3.63, 3.8) is 0 Å². The quantitative estimate of drug-likeness (QED) is 0.678. The van der Waals surface area contributed by atoms with Gasteiger partial charge >= 0.3 is 0 Å². The summed E-state index contributed by atoms with van der Waals surface area (Å²) in [4.78, 5) is 12.7. The number of benzene rings is 2. The maximum absolute atomic E-state index is 13.5. The van der Waals surface area contributed by atoms with Crippen LogP contribution in [0.4, 0.5) is 4.39 Å². The standard InChI is InChI=1S/C17H14BrFN2O/c1-10(2)16-15-8-11(18)6-7-14(15)17(22)21(20-16)13-5-3-4-12(19)9-13/h3-10H,1-2H3. The van der Waals surface area contributed by atoms with Crippen molar-refractivity contribution < 1.29 is 4.39 Å². The first-order chi connectivity index (χ1) is 10.5. The zero-order chi connectivity index (χ0) is 15.9. The summed E-state index contributed by atoms with van der Waals surface area (Å²) in [5, 5.41) is 5.87. The van der Waals surface area contributed by atoms with Crippen LogP contribution < -0.4 is 5.56 Å². The molecule has 0 atom stereocenters. The summed E-state index contributed by atoms with van der Waals surface area (Å²) in [5.41, 5.74) is 0.981. The van der Waals surface area contributed by atoms with E-state index >= 15 is 0 Å². The molecular weight excluding hydrogens is 347 g/mol. The Morgan fingerprint density at radius 2 is 1.91 bits per heavy atom. The molecule has 5 heteroatoms. The normalized spacial score (nSPS) is 11.3. The molecule has 0 saturated heterocycles. The van der Waals surface area contributed by atoms with Gasteiger partial charge in [-0.15, -0.1) is 0 Å². The van der Waals surface area contributed by atoms with Gasteiger partial charge in [-0.1, -0.05) is 35.8 Å². The van der Waals surface area contributed by atoms with Crippen molar-refractivity contribution in [2.75, 3.05) is 0 Å². The SMILES string of the molecule is CC(C)c1nn(-c2cccc(F)c2)c(=O)c2ccc(Br)cc12. The van der Waals surface area contributed by atoms with E-state index < -0.39 is 5.82 Å². The topological polar surface area (TPSA) is 34.9 Å². The molecule has 112 valence electrons. The Balaban J connectivity index is 2.40. The smallest absolute Gasteiger partial charge is 0.267 e. The maximum Gasteiger partial charge on any atom is 0.279 e. The molecule has 0 aliphatic carbocycles. The van der Waals surface area contributed by atoms with Crippen molar-refractivity contribution in [2.45, 2.75) is 19.8 Å². The Morgan fingerprint density at radius 3 is 2.59 bits per heavy atom. The molecule has 0 unspecified atom stereocenters. The average Bonchev–Trinajstić information content (AvgIpc) is 2.47. The van der Waals surface area contributed by atoms with Gasteiger partial charge in [0.2, 0.25) is 0 Å². The van der Waals surface area contributed by atoms with E-state index in [2.05, 4.69) is 21.0 Å². The third kappa shape index (κ3) is 2.57. The highest BCUT2D eigenvalue weighted by atomic mass is 79.9. The first kappa shape index (κ1) is 14.9. The van der Waals surface area contributed by atoms with Gasteiger partial charge < -0.3 is 0 Å². The second-order valence-corrected chi connectivity index (χ2v) is 6.34. The van der Waals surface area contributed by atoms with Crippen molar-refractivity contribution in [1.82, 2.24) is 9.78 Å². The number of halogens is 2. The van der Waals surface area contributed by atoms with E-state index in [1.165, 1.54) is 16.8 Å². The second-order valence-electron chi connectivity index (χ2n) is 5.43. The average molecular weight is 361 g/mol. The van der Waals surface area contributed by atoms with E-state index in [1.807, 2.05) is 26.0 Å². The minimum atomic E-state index is -0.395. The van der Waals surface area contributed by atoms with Gasteiger partial charge in [0, 0.05) is 9.86 Å². The monoisotopic (exact) mass is 360 g/mol. The fourth-order valence-corrected chi connectivity index (χ4v) is 2.81. The minimum absolute atomic E-state index is 0.136. The molecule has 3 aromatic rings. The van der Waals surface area contributed by atoms with Gasteiger partial charge in [-0.05, 0) is 42.3 Å². The van der Waals surface area contributed by atoms with Crippen LogP contribution in [0.5, 0.6) is 0 Å². The largest absolute Gasteiger partial charge is 0.279 e. The minimum Gasteiger partial charge on any atom is -0.267 e. The molecule has 3 rings (SSSR count). The van der Waals surface area contributed by atoms with Gasteiger partial charge in [0.25, 0.3) is 5.56 Å². The zero-order valence-corrected chi connectivity index (χ0v) is 13.8. The van der Waals surface area contributed by atoms with Gasteiger partial charge in [-0.25, -0.2) is 4.39 Å².